The lowest BCUT2D eigenvalue weighted by atomic mass is 9.93. The highest BCUT2D eigenvalue weighted by molar-refractivity contribution is 5.80. The maximum absolute atomic E-state index is 13.6. The molecule has 31 heavy (non-hydrogen) atoms. The first-order valence-corrected chi connectivity index (χ1v) is 10.1. The van der Waals surface area contributed by atoms with Crippen molar-refractivity contribution in [1.29, 1.82) is 0 Å². The fraction of sp³-hybridized carbons (Fsp3) is 0.409. The minimum Gasteiger partial charge on any atom is -0.497 e. The summed E-state index contributed by atoms with van der Waals surface area (Å²) in [6.07, 6.45) is -1.17. The zero-order chi connectivity index (χ0) is 22.0. The molecule has 1 atom stereocenters. The third-order valence-electron chi connectivity index (χ3n) is 5.52. The normalized spacial score (nSPS) is 16.7. The number of aromatic nitrogens is 2. The summed E-state index contributed by atoms with van der Waals surface area (Å²) >= 11 is 0. The number of hydrogen-bond acceptors (Lipinski definition) is 6. The monoisotopic (exact) mass is 431 g/mol. The van der Waals surface area contributed by atoms with Gasteiger partial charge < -0.3 is 18.9 Å². The number of nitrogens with zero attached hydrogens (tertiary/aromatic N) is 3. The summed E-state index contributed by atoms with van der Waals surface area (Å²) in [5, 5.41) is 4.03. The van der Waals surface area contributed by atoms with E-state index in [1.165, 1.54) is 6.07 Å². The molecular weight excluding hydrogens is 408 g/mol. The van der Waals surface area contributed by atoms with Gasteiger partial charge in [0, 0.05) is 30.3 Å². The largest absolute Gasteiger partial charge is 0.497 e. The van der Waals surface area contributed by atoms with E-state index in [1.807, 2.05) is 0 Å². The van der Waals surface area contributed by atoms with Crippen LogP contribution < -0.4 is 9.47 Å². The molecule has 1 aliphatic rings. The summed E-state index contributed by atoms with van der Waals surface area (Å²) in [4.78, 5) is 18.8. The third kappa shape index (κ3) is 4.45. The number of carbonyl (C=O) groups excluding carboxylic acids is 1. The highest BCUT2D eigenvalue weighted by Crippen LogP contribution is 2.34. The summed E-state index contributed by atoms with van der Waals surface area (Å²) in [5.41, 5.74) is 0.856. The smallest absolute Gasteiger partial charge is 0.264 e. The van der Waals surface area contributed by atoms with Crippen LogP contribution in [0.25, 0.3) is 11.1 Å². The molecule has 1 fully saturated rings. The number of pyridine rings is 1. The number of ether oxygens (including phenoxy) is 2. The minimum absolute atomic E-state index is 0.102. The van der Waals surface area contributed by atoms with Crippen molar-refractivity contribution in [3.63, 3.8) is 0 Å². The zero-order valence-corrected chi connectivity index (χ0v) is 17.3. The molecule has 1 aromatic carbocycles. The summed E-state index contributed by atoms with van der Waals surface area (Å²) in [5.74, 6) is 0.946. The number of amides is 1. The van der Waals surface area contributed by atoms with Crippen molar-refractivity contribution in [1.82, 2.24) is 15.0 Å². The van der Waals surface area contributed by atoms with E-state index in [-0.39, 0.29) is 35.1 Å². The van der Waals surface area contributed by atoms with Crippen LogP contribution in [-0.2, 0) is 4.79 Å². The van der Waals surface area contributed by atoms with E-state index in [2.05, 4.69) is 10.1 Å². The van der Waals surface area contributed by atoms with Crippen LogP contribution in [0.15, 0.2) is 34.9 Å². The molecule has 0 bridgehead atoms. The Balaban J connectivity index is 1.46. The molecule has 1 saturated heterocycles. The van der Waals surface area contributed by atoms with Crippen LogP contribution in [0.5, 0.6) is 11.5 Å². The van der Waals surface area contributed by atoms with Crippen LogP contribution in [0.1, 0.15) is 42.1 Å². The molecule has 0 radical (unpaired) electrons. The molecule has 0 aliphatic carbocycles. The molecule has 0 N–H and O–H groups in total. The Morgan fingerprint density at radius 2 is 2.03 bits per heavy atom. The Morgan fingerprint density at radius 3 is 2.74 bits per heavy atom. The zero-order valence-electron chi connectivity index (χ0n) is 17.3. The van der Waals surface area contributed by atoms with Gasteiger partial charge in [0.15, 0.2) is 6.61 Å². The van der Waals surface area contributed by atoms with Crippen molar-refractivity contribution < 1.29 is 27.6 Å². The predicted molar refractivity (Wildman–Crippen MR) is 109 cm³/mol. The molecule has 0 spiro atoms. The van der Waals surface area contributed by atoms with Crippen molar-refractivity contribution >= 4 is 17.0 Å². The van der Waals surface area contributed by atoms with Gasteiger partial charge in [-0.05, 0) is 50.1 Å². The van der Waals surface area contributed by atoms with Gasteiger partial charge in [-0.3, -0.25) is 4.79 Å². The lowest BCUT2D eigenvalue weighted by Gasteiger charge is -2.32. The van der Waals surface area contributed by atoms with Gasteiger partial charge in [-0.15, -0.1) is 0 Å². The second kappa shape index (κ2) is 8.87. The van der Waals surface area contributed by atoms with E-state index in [1.54, 1.807) is 43.2 Å². The quantitative estimate of drug-likeness (QED) is 0.580. The SMILES string of the molecule is COc1ccc(OCC(=O)N2CCCC(c3cc(C(F)F)c4c(C)noc4n3)C2)cc1. The van der Waals surface area contributed by atoms with E-state index in [0.717, 1.165) is 12.8 Å². The predicted octanol–water partition coefficient (Wildman–Crippen LogP) is 4.26. The number of halogens is 2. The van der Waals surface area contributed by atoms with Gasteiger partial charge in [0.2, 0.25) is 0 Å². The molecule has 164 valence electrons. The van der Waals surface area contributed by atoms with Gasteiger partial charge in [0.05, 0.1) is 18.2 Å². The van der Waals surface area contributed by atoms with E-state index < -0.39 is 6.43 Å². The number of likely N-dealkylation sites (tertiary alicyclic amines) is 1. The third-order valence-corrected chi connectivity index (χ3v) is 5.52. The number of rotatable bonds is 6. The van der Waals surface area contributed by atoms with Crippen molar-refractivity contribution in [3.8, 4) is 11.5 Å². The van der Waals surface area contributed by atoms with Crippen LogP contribution in [-0.4, -0.2) is 47.8 Å². The Kier molecular flexibility index (Phi) is 6.01. The topological polar surface area (TPSA) is 77.7 Å². The lowest BCUT2D eigenvalue weighted by Crippen LogP contribution is -2.41. The first-order valence-electron chi connectivity index (χ1n) is 10.1. The Bertz CT molecular complexity index is 1070. The second-order valence-corrected chi connectivity index (χ2v) is 7.53. The van der Waals surface area contributed by atoms with Gasteiger partial charge in [-0.1, -0.05) is 5.16 Å². The van der Waals surface area contributed by atoms with Gasteiger partial charge in [-0.2, -0.15) is 0 Å². The van der Waals surface area contributed by atoms with Gasteiger partial charge in [0.1, 0.15) is 11.5 Å². The van der Waals surface area contributed by atoms with Crippen LogP contribution in [0.4, 0.5) is 8.78 Å². The standard InChI is InChI=1S/C22H23F2N3O4/c1-13-20-17(21(23)24)10-18(25-22(20)31-26-13)14-4-3-9-27(11-14)19(28)12-30-16-7-5-15(29-2)6-8-16/h5-8,10,14,21H,3-4,9,11-12H2,1-2H3. The second-order valence-electron chi connectivity index (χ2n) is 7.53. The average Bonchev–Trinajstić information content (AvgIpc) is 3.18. The van der Waals surface area contributed by atoms with Crippen LogP contribution in [0.3, 0.4) is 0 Å². The lowest BCUT2D eigenvalue weighted by molar-refractivity contribution is -0.134. The molecule has 1 unspecified atom stereocenters. The van der Waals surface area contributed by atoms with Gasteiger partial charge in [-0.25, -0.2) is 13.8 Å². The van der Waals surface area contributed by atoms with Crippen molar-refractivity contribution in [2.75, 3.05) is 26.8 Å². The summed E-state index contributed by atoms with van der Waals surface area (Å²) in [6.45, 7) is 2.49. The first-order chi connectivity index (χ1) is 15.0. The van der Waals surface area contributed by atoms with Gasteiger partial charge >= 0.3 is 0 Å². The molecule has 1 amide bonds. The number of benzene rings is 1. The maximum atomic E-state index is 13.6. The number of aryl methyl sites for hydroxylation is 1. The molecule has 7 nitrogen and oxygen atoms in total. The molecule has 9 heteroatoms. The Morgan fingerprint density at radius 1 is 1.29 bits per heavy atom. The van der Waals surface area contributed by atoms with Crippen LogP contribution in [0.2, 0.25) is 0 Å². The maximum Gasteiger partial charge on any atom is 0.264 e. The average molecular weight is 431 g/mol. The van der Waals surface area contributed by atoms with E-state index in [0.29, 0.717) is 36.0 Å². The fourth-order valence-electron chi connectivity index (χ4n) is 3.88. The van der Waals surface area contributed by atoms with Crippen LogP contribution in [0, 0.1) is 6.92 Å². The van der Waals surface area contributed by atoms with E-state index >= 15 is 0 Å². The minimum atomic E-state index is -2.67. The molecule has 1 aliphatic heterocycles. The van der Waals surface area contributed by atoms with Gasteiger partial charge in [0.25, 0.3) is 18.0 Å². The number of piperidine rings is 1. The molecule has 0 saturated carbocycles. The summed E-state index contributed by atoms with van der Waals surface area (Å²) in [6, 6.07) is 8.39. The molecule has 4 rings (SSSR count). The number of hydrogen-bond donors (Lipinski definition) is 0. The van der Waals surface area contributed by atoms with Crippen molar-refractivity contribution in [3.05, 3.63) is 47.3 Å². The molecule has 2 aromatic heterocycles. The van der Waals surface area contributed by atoms with Crippen molar-refractivity contribution in [2.24, 2.45) is 0 Å². The Hall–Kier alpha value is -3.23. The highest BCUT2D eigenvalue weighted by Gasteiger charge is 2.28. The Labute approximate surface area is 177 Å². The molecule has 3 heterocycles. The number of alkyl halides is 2. The number of carbonyl (C=O) groups is 1. The van der Waals surface area contributed by atoms with E-state index in [9.17, 15) is 13.6 Å². The molecule has 3 aromatic rings. The van der Waals surface area contributed by atoms with Crippen LogP contribution >= 0.6 is 0 Å². The van der Waals surface area contributed by atoms with E-state index in [4.69, 9.17) is 14.0 Å². The first kappa shape index (κ1) is 21.0. The van der Waals surface area contributed by atoms with Crippen molar-refractivity contribution in [2.45, 2.75) is 32.1 Å². The number of fused-ring (bicyclic) bond motifs is 1. The molecular formula is C22H23F2N3O4. The highest BCUT2D eigenvalue weighted by atomic mass is 19.3. The fourth-order valence-corrected chi connectivity index (χ4v) is 3.88. The summed E-state index contributed by atoms with van der Waals surface area (Å²) < 4.78 is 43.1. The number of methoxy groups -OCH3 is 1. The summed E-state index contributed by atoms with van der Waals surface area (Å²) in [7, 11) is 1.58.